The number of urea groups is 1. The monoisotopic (exact) mass is 182 g/mol. The molecule has 0 aromatic rings. The van der Waals surface area contributed by atoms with Gasteiger partial charge in [0.2, 0.25) is 11.8 Å². The van der Waals surface area contributed by atoms with Gasteiger partial charge >= 0.3 is 6.03 Å². The van der Waals surface area contributed by atoms with Crippen LogP contribution in [0.4, 0.5) is 4.79 Å². The van der Waals surface area contributed by atoms with E-state index in [4.69, 9.17) is 0 Å². The summed E-state index contributed by atoms with van der Waals surface area (Å²) in [6, 6.07) is -0.703. The fourth-order valence-corrected chi connectivity index (χ4v) is 1.73. The van der Waals surface area contributed by atoms with Crippen LogP contribution in [-0.4, -0.2) is 17.8 Å². The van der Waals surface area contributed by atoms with Gasteiger partial charge in [-0.15, -0.1) is 0 Å². The zero-order valence-corrected chi connectivity index (χ0v) is 7.00. The number of carbonyl (C=O) groups excluding carboxylic acids is 3. The van der Waals surface area contributed by atoms with Crippen LogP contribution in [0, 0.1) is 11.8 Å². The second-order valence-corrected chi connectivity index (χ2v) is 3.48. The molecule has 2 rings (SSSR count). The molecule has 0 unspecified atom stereocenters. The van der Waals surface area contributed by atoms with Crippen molar-refractivity contribution in [3.05, 3.63) is 0 Å². The lowest BCUT2D eigenvalue weighted by atomic mass is 9.74. The standard InChI is InChI=1S/C8H10N2O3/c11-6-5(4-2-1-3-4)7(12)10-8(13)9-6/h4-5H,1-3H2,(H2,9,10,11,12,13). The zero-order valence-electron chi connectivity index (χ0n) is 7.00. The van der Waals surface area contributed by atoms with Crippen LogP contribution in [0.3, 0.4) is 0 Å². The van der Waals surface area contributed by atoms with Crippen molar-refractivity contribution in [1.29, 1.82) is 0 Å². The van der Waals surface area contributed by atoms with E-state index in [-0.39, 0.29) is 5.92 Å². The van der Waals surface area contributed by atoms with Crippen LogP contribution in [0.2, 0.25) is 0 Å². The highest BCUT2D eigenvalue weighted by Gasteiger charge is 2.42. The van der Waals surface area contributed by atoms with E-state index >= 15 is 0 Å². The number of nitrogens with one attached hydrogen (secondary N) is 2. The molecule has 2 N–H and O–H groups in total. The minimum Gasteiger partial charge on any atom is -0.277 e. The van der Waals surface area contributed by atoms with Gasteiger partial charge in [0.15, 0.2) is 0 Å². The molecule has 0 aromatic carbocycles. The van der Waals surface area contributed by atoms with E-state index in [9.17, 15) is 14.4 Å². The highest BCUT2D eigenvalue weighted by Crippen LogP contribution is 2.34. The fourth-order valence-electron chi connectivity index (χ4n) is 1.73. The Labute approximate surface area is 74.9 Å². The summed E-state index contributed by atoms with van der Waals surface area (Å²) in [4.78, 5) is 33.2. The number of barbiturate groups is 1. The maximum absolute atomic E-state index is 11.3. The SMILES string of the molecule is O=C1NC(=O)C(C2CCC2)C(=O)N1. The highest BCUT2D eigenvalue weighted by atomic mass is 16.2. The van der Waals surface area contributed by atoms with E-state index in [1.165, 1.54) is 0 Å². The Bertz CT molecular complexity index is 263. The molecule has 1 saturated carbocycles. The molecule has 0 aromatic heterocycles. The maximum atomic E-state index is 11.3. The Morgan fingerprint density at radius 2 is 1.54 bits per heavy atom. The molecule has 70 valence electrons. The van der Waals surface area contributed by atoms with E-state index in [2.05, 4.69) is 10.6 Å². The summed E-state index contributed by atoms with van der Waals surface area (Å²) < 4.78 is 0. The summed E-state index contributed by atoms with van der Waals surface area (Å²) in [6.07, 6.45) is 2.87. The van der Waals surface area contributed by atoms with E-state index < -0.39 is 23.8 Å². The van der Waals surface area contributed by atoms with Crippen molar-refractivity contribution in [2.45, 2.75) is 19.3 Å². The van der Waals surface area contributed by atoms with Crippen molar-refractivity contribution in [2.24, 2.45) is 11.8 Å². The van der Waals surface area contributed by atoms with E-state index in [0.717, 1.165) is 19.3 Å². The van der Waals surface area contributed by atoms with Gasteiger partial charge in [0.1, 0.15) is 5.92 Å². The molecule has 13 heavy (non-hydrogen) atoms. The third-order valence-corrected chi connectivity index (χ3v) is 2.66. The summed E-state index contributed by atoms with van der Waals surface area (Å²) >= 11 is 0. The summed E-state index contributed by atoms with van der Waals surface area (Å²) in [5.74, 6) is -1.41. The topological polar surface area (TPSA) is 75.3 Å². The molecule has 1 aliphatic heterocycles. The van der Waals surface area contributed by atoms with E-state index in [1.54, 1.807) is 0 Å². The lowest BCUT2D eigenvalue weighted by Gasteiger charge is -2.33. The number of imide groups is 2. The molecule has 5 heteroatoms. The lowest BCUT2D eigenvalue weighted by molar-refractivity contribution is -0.139. The van der Waals surface area contributed by atoms with Crippen LogP contribution in [0.25, 0.3) is 0 Å². The molecule has 0 radical (unpaired) electrons. The first-order valence-corrected chi connectivity index (χ1v) is 4.34. The van der Waals surface area contributed by atoms with Crippen LogP contribution in [0.15, 0.2) is 0 Å². The molecule has 2 aliphatic rings. The summed E-state index contributed by atoms with van der Waals surface area (Å²) in [5, 5.41) is 4.20. The van der Waals surface area contributed by atoms with E-state index in [0.29, 0.717) is 0 Å². The van der Waals surface area contributed by atoms with Gasteiger partial charge in [0.25, 0.3) is 0 Å². The molecule has 2 fully saturated rings. The van der Waals surface area contributed by atoms with Crippen LogP contribution >= 0.6 is 0 Å². The Morgan fingerprint density at radius 3 is 1.92 bits per heavy atom. The molecule has 1 heterocycles. The Hall–Kier alpha value is -1.39. The summed E-state index contributed by atoms with van der Waals surface area (Å²) in [5.41, 5.74) is 0. The third-order valence-electron chi connectivity index (χ3n) is 2.66. The van der Waals surface area contributed by atoms with Gasteiger partial charge in [-0.3, -0.25) is 20.2 Å². The number of hydrogen-bond acceptors (Lipinski definition) is 3. The third kappa shape index (κ3) is 1.30. The van der Waals surface area contributed by atoms with Gasteiger partial charge in [-0.2, -0.15) is 0 Å². The van der Waals surface area contributed by atoms with Gasteiger partial charge in [-0.1, -0.05) is 6.42 Å². The molecule has 1 aliphatic carbocycles. The molecule has 0 bridgehead atoms. The zero-order chi connectivity index (χ0) is 9.42. The van der Waals surface area contributed by atoms with Crippen molar-refractivity contribution >= 4 is 17.8 Å². The lowest BCUT2D eigenvalue weighted by Crippen LogP contribution is -2.58. The first kappa shape index (κ1) is 8.22. The van der Waals surface area contributed by atoms with Crippen molar-refractivity contribution in [2.75, 3.05) is 0 Å². The molecule has 0 atom stereocenters. The molecule has 0 spiro atoms. The Balaban J connectivity index is 2.12. The predicted molar refractivity (Wildman–Crippen MR) is 42.5 cm³/mol. The van der Waals surface area contributed by atoms with Crippen molar-refractivity contribution in [1.82, 2.24) is 10.6 Å². The molecular weight excluding hydrogens is 172 g/mol. The van der Waals surface area contributed by atoms with Gasteiger partial charge in [-0.05, 0) is 18.8 Å². The van der Waals surface area contributed by atoms with E-state index in [1.807, 2.05) is 0 Å². The first-order valence-electron chi connectivity index (χ1n) is 4.34. The second kappa shape index (κ2) is 2.83. The van der Waals surface area contributed by atoms with Gasteiger partial charge in [0, 0.05) is 0 Å². The van der Waals surface area contributed by atoms with Crippen LogP contribution in [0.5, 0.6) is 0 Å². The maximum Gasteiger partial charge on any atom is 0.328 e. The number of amides is 4. The van der Waals surface area contributed by atoms with Crippen LogP contribution in [0.1, 0.15) is 19.3 Å². The number of carbonyl (C=O) groups is 3. The van der Waals surface area contributed by atoms with Gasteiger partial charge in [0.05, 0.1) is 0 Å². The normalized spacial score (nSPS) is 25.1. The van der Waals surface area contributed by atoms with Crippen molar-refractivity contribution < 1.29 is 14.4 Å². The number of rotatable bonds is 1. The smallest absolute Gasteiger partial charge is 0.277 e. The quantitative estimate of drug-likeness (QED) is 0.550. The Morgan fingerprint density at radius 1 is 1.00 bits per heavy atom. The largest absolute Gasteiger partial charge is 0.328 e. The minimum absolute atomic E-state index is 0.132. The van der Waals surface area contributed by atoms with Crippen molar-refractivity contribution in [3.63, 3.8) is 0 Å². The molecular formula is C8H10N2O3. The van der Waals surface area contributed by atoms with Crippen LogP contribution < -0.4 is 10.6 Å². The minimum atomic E-state index is -0.703. The van der Waals surface area contributed by atoms with Gasteiger partial charge in [-0.25, -0.2) is 4.79 Å². The second-order valence-electron chi connectivity index (χ2n) is 3.48. The van der Waals surface area contributed by atoms with Crippen molar-refractivity contribution in [3.8, 4) is 0 Å². The van der Waals surface area contributed by atoms with Gasteiger partial charge < -0.3 is 0 Å². The Kier molecular flexibility index (Phi) is 1.79. The molecule has 5 nitrogen and oxygen atoms in total. The number of hydrogen-bond donors (Lipinski definition) is 2. The average molecular weight is 182 g/mol. The molecule has 4 amide bonds. The predicted octanol–water partition coefficient (Wildman–Crippen LogP) is -0.231. The first-order chi connectivity index (χ1) is 6.18. The average Bonchev–Trinajstić information content (AvgIpc) is 1.92. The fraction of sp³-hybridized carbons (Fsp3) is 0.625. The summed E-state index contributed by atoms with van der Waals surface area (Å²) in [7, 11) is 0. The molecule has 1 saturated heterocycles. The summed E-state index contributed by atoms with van der Waals surface area (Å²) in [6.45, 7) is 0. The van der Waals surface area contributed by atoms with Crippen LogP contribution in [-0.2, 0) is 9.59 Å². The highest BCUT2D eigenvalue weighted by molar-refractivity contribution is 6.16.